The number of ether oxygens (including phenoxy) is 2. The van der Waals surface area contributed by atoms with Gasteiger partial charge in [0.25, 0.3) is 0 Å². The van der Waals surface area contributed by atoms with E-state index in [1.54, 1.807) is 13.0 Å². The quantitative estimate of drug-likeness (QED) is 0.851. The number of hydrogen-bond donors (Lipinski definition) is 1. The summed E-state index contributed by atoms with van der Waals surface area (Å²) < 4.78 is 10.6. The van der Waals surface area contributed by atoms with Gasteiger partial charge < -0.3 is 14.6 Å². The Bertz CT molecular complexity index is 425. The van der Waals surface area contributed by atoms with Crippen molar-refractivity contribution in [1.82, 2.24) is 0 Å². The lowest BCUT2D eigenvalue weighted by molar-refractivity contribution is -0.138. The van der Waals surface area contributed by atoms with E-state index in [0.29, 0.717) is 11.5 Å². The van der Waals surface area contributed by atoms with E-state index in [0.717, 1.165) is 17.5 Å². The van der Waals surface area contributed by atoms with Crippen LogP contribution in [0.3, 0.4) is 0 Å². The van der Waals surface area contributed by atoms with Gasteiger partial charge in [0.2, 0.25) is 6.79 Å². The van der Waals surface area contributed by atoms with Crippen molar-refractivity contribution in [2.45, 2.75) is 26.2 Å². The molecule has 4 nitrogen and oxygen atoms in total. The third kappa shape index (κ3) is 1.60. The van der Waals surface area contributed by atoms with Crippen molar-refractivity contribution in [3.63, 3.8) is 0 Å². The second kappa shape index (κ2) is 4.04. The molecular formula is C12H14O4. The summed E-state index contributed by atoms with van der Waals surface area (Å²) in [7, 11) is 0. The van der Waals surface area contributed by atoms with E-state index in [1.165, 1.54) is 0 Å². The van der Waals surface area contributed by atoms with Crippen LogP contribution in [0.4, 0.5) is 0 Å². The molecule has 16 heavy (non-hydrogen) atoms. The summed E-state index contributed by atoms with van der Waals surface area (Å²) in [6, 6.07) is 3.58. The molecular weight excluding hydrogens is 208 g/mol. The maximum atomic E-state index is 11.0. The molecule has 1 aliphatic rings. The van der Waals surface area contributed by atoms with Crippen LogP contribution >= 0.6 is 0 Å². The number of aliphatic carboxylic acids is 1. The van der Waals surface area contributed by atoms with Crippen LogP contribution < -0.4 is 9.47 Å². The molecule has 1 aromatic rings. The van der Waals surface area contributed by atoms with Gasteiger partial charge in [-0.15, -0.1) is 0 Å². The van der Waals surface area contributed by atoms with Gasteiger partial charge in [0.15, 0.2) is 11.5 Å². The van der Waals surface area contributed by atoms with Crippen LogP contribution in [0.15, 0.2) is 12.1 Å². The predicted octanol–water partition coefficient (Wildman–Crippen LogP) is 2.17. The van der Waals surface area contributed by atoms with Crippen molar-refractivity contribution in [3.05, 3.63) is 23.3 Å². The molecule has 2 rings (SSSR count). The topological polar surface area (TPSA) is 55.8 Å². The standard InChI is InChI=1S/C12H14O4/c1-3-8-9(7(2)12(13)14)4-5-10-11(8)16-6-15-10/h4-5,7H,3,6H2,1-2H3,(H,13,14). The zero-order valence-corrected chi connectivity index (χ0v) is 9.32. The minimum Gasteiger partial charge on any atom is -0.481 e. The summed E-state index contributed by atoms with van der Waals surface area (Å²) in [5.74, 6) is 0.0595. The Labute approximate surface area is 93.8 Å². The second-order valence-corrected chi connectivity index (χ2v) is 3.78. The first-order chi connectivity index (χ1) is 7.65. The number of carbonyl (C=O) groups is 1. The van der Waals surface area contributed by atoms with Crippen LogP contribution in [0.5, 0.6) is 11.5 Å². The molecule has 0 aliphatic carbocycles. The van der Waals surface area contributed by atoms with Gasteiger partial charge in [0.05, 0.1) is 5.92 Å². The molecule has 1 unspecified atom stereocenters. The zero-order valence-electron chi connectivity index (χ0n) is 9.32. The molecule has 0 saturated carbocycles. The van der Waals surface area contributed by atoms with Crippen molar-refractivity contribution < 1.29 is 19.4 Å². The SMILES string of the molecule is CCc1c(C(C)C(=O)O)ccc2c1OCO2. The summed E-state index contributed by atoms with van der Waals surface area (Å²) in [5, 5.41) is 9.03. The van der Waals surface area contributed by atoms with Crippen molar-refractivity contribution in [2.24, 2.45) is 0 Å². The summed E-state index contributed by atoms with van der Waals surface area (Å²) in [5.41, 5.74) is 1.74. The summed E-state index contributed by atoms with van der Waals surface area (Å²) in [6.07, 6.45) is 0.736. The largest absolute Gasteiger partial charge is 0.481 e. The molecule has 1 aromatic carbocycles. The van der Waals surface area contributed by atoms with Crippen molar-refractivity contribution in [2.75, 3.05) is 6.79 Å². The average molecular weight is 222 g/mol. The Kier molecular flexibility index (Phi) is 2.73. The fourth-order valence-corrected chi connectivity index (χ4v) is 1.95. The zero-order chi connectivity index (χ0) is 11.7. The van der Waals surface area contributed by atoms with Crippen LogP contribution in [0.1, 0.15) is 30.9 Å². The number of rotatable bonds is 3. The molecule has 1 N–H and O–H groups in total. The van der Waals surface area contributed by atoms with Crippen LogP contribution in [0, 0.1) is 0 Å². The van der Waals surface area contributed by atoms with Crippen molar-refractivity contribution in [3.8, 4) is 11.5 Å². The van der Waals surface area contributed by atoms with Gasteiger partial charge in [-0.2, -0.15) is 0 Å². The molecule has 4 heteroatoms. The lowest BCUT2D eigenvalue weighted by Crippen LogP contribution is -2.10. The Morgan fingerprint density at radius 2 is 2.25 bits per heavy atom. The third-order valence-corrected chi connectivity index (χ3v) is 2.87. The number of carboxylic acids is 1. The molecule has 0 fully saturated rings. The monoisotopic (exact) mass is 222 g/mol. The minimum atomic E-state index is -0.825. The Morgan fingerprint density at radius 1 is 1.50 bits per heavy atom. The number of fused-ring (bicyclic) bond motifs is 1. The fraction of sp³-hybridized carbons (Fsp3) is 0.417. The maximum absolute atomic E-state index is 11.0. The third-order valence-electron chi connectivity index (χ3n) is 2.87. The Morgan fingerprint density at radius 3 is 2.88 bits per heavy atom. The summed E-state index contributed by atoms with van der Waals surface area (Å²) in [4.78, 5) is 11.0. The minimum absolute atomic E-state index is 0.216. The van der Waals surface area contributed by atoms with Crippen LogP contribution in [0.2, 0.25) is 0 Å². The van der Waals surface area contributed by atoms with Crippen LogP contribution in [0.25, 0.3) is 0 Å². The molecule has 0 amide bonds. The first-order valence-electron chi connectivity index (χ1n) is 5.29. The molecule has 1 atom stereocenters. The molecule has 0 spiro atoms. The first-order valence-corrected chi connectivity index (χ1v) is 5.29. The highest BCUT2D eigenvalue weighted by atomic mass is 16.7. The molecule has 0 aromatic heterocycles. The molecule has 1 heterocycles. The van der Waals surface area contributed by atoms with E-state index < -0.39 is 11.9 Å². The fourth-order valence-electron chi connectivity index (χ4n) is 1.95. The highest BCUT2D eigenvalue weighted by Gasteiger charge is 2.24. The summed E-state index contributed by atoms with van der Waals surface area (Å²) >= 11 is 0. The van der Waals surface area contributed by atoms with Crippen molar-refractivity contribution >= 4 is 5.97 Å². The van der Waals surface area contributed by atoms with E-state index in [2.05, 4.69) is 0 Å². The molecule has 0 saturated heterocycles. The number of hydrogen-bond acceptors (Lipinski definition) is 3. The average Bonchev–Trinajstić information content (AvgIpc) is 2.74. The predicted molar refractivity (Wildman–Crippen MR) is 58.0 cm³/mol. The van der Waals surface area contributed by atoms with E-state index >= 15 is 0 Å². The van der Waals surface area contributed by atoms with Gasteiger partial charge in [-0.3, -0.25) is 4.79 Å². The van der Waals surface area contributed by atoms with Crippen molar-refractivity contribution in [1.29, 1.82) is 0 Å². The highest BCUT2D eigenvalue weighted by Crippen LogP contribution is 2.39. The number of carboxylic acid groups (broad SMARTS) is 1. The van der Waals surface area contributed by atoms with Gasteiger partial charge in [0.1, 0.15) is 0 Å². The molecule has 86 valence electrons. The van der Waals surface area contributed by atoms with E-state index in [4.69, 9.17) is 14.6 Å². The van der Waals surface area contributed by atoms with Gasteiger partial charge >= 0.3 is 5.97 Å². The Hall–Kier alpha value is -1.71. The number of benzene rings is 1. The molecule has 0 bridgehead atoms. The second-order valence-electron chi connectivity index (χ2n) is 3.78. The van der Waals surface area contributed by atoms with E-state index in [9.17, 15) is 4.79 Å². The summed E-state index contributed by atoms with van der Waals surface area (Å²) in [6.45, 7) is 3.88. The molecule has 0 radical (unpaired) electrons. The van der Waals surface area contributed by atoms with Gasteiger partial charge in [0, 0.05) is 5.56 Å². The normalized spacial score (nSPS) is 14.9. The van der Waals surface area contributed by atoms with E-state index in [-0.39, 0.29) is 6.79 Å². The Balaban J connectivity index is 2.50. The van der Waals surface area contributed by atoms with Crippen LogP contribution in [-0.4, -0.2) is 17.9 Å². The van der Waals surface area contributed by atoms with Gasteiger partial charge in [-0.1, -0.05) is 13.0 Å². The van der Waals surface area contributed by atoms with Gasteiger partial charge in [-0.05, 0) is 25.0 Å². The smallest absolute Gasteiger partial charge is 0.310 e. The lowest BCUT2D eigenvalue weighted by atomic mass is 9.93. The first kappa shape index (κ1) is 10.8. The van der Waals surface area contributed by atoms with Gasteiger partial charge in [-0.25, -0.2) is 0 Å². The maximum Gasteiger partial charge on any atom is 0.310 e. The highest BCUT2D eigenvalue weighted by molar-refractivity contribution is 5.77. The van der Waals surface area contributed by atoms with E-state index in [1.807, 2.05) is 13.0 Å². The molecule has 1 aliphatic heterocycles. The van der Waals surface area contributed by atoms with Crippen LogP contribution in [-0.2, 0) is 11.2 Å². The lowest BCUT2D eigenvalue weighted by Gasteiger charge is -2.13.